The molecule has 0 fully saturated rings. The number of rotatable bonds is 2. The Balaban J connectivity index is 1.19. The SMILES string of the molecule is Cc1cc(C)c(C2=C3C=CC(=N3)[C@]3(C(=O)c4cccc5cccc3c45)c3ccc([nH]3)C(c3c(C)cc(C)cc3C)=C3C=CC(=N3)[C@]3(C(=O)c4cccc5cccc3c45)c3ccc2[nH]3)c(C)c1. The number of nitrogens with one attached hydrogen (secondary N) is 2. The zero-order valence-corrected chi connectivity index (χ0v) is 37.6. The van der Waals surface area contributed by atoms with Crippen molar-refractivity contribution in [2.24, 2.45) is 9.98 Å². The molecule has 6 aromatic carbocycles. The summed E-state index contributed by atoms with van der Waals surface area (Å²) in [6.45, 7) is 12.8. The largest absolute Gasteiger partial charge is 0.357 e. The summed E-state index contributed by atoms with van der Waals surface area (Å²) in [5, 5.41) is 3.92. The van der Waals surface area contributed by atoms with Crippen LogP contribution in [0.25, 0.3) is 32.7 Å². The second-order valence-electron chi connectivity index (χ2n) is 18.9. The second-order valence-corrected chi connectivity index (χ2v) is 18.9. The van der Waals surface area contributed by atoms with E-state index in [9.17, 15) is 0 Å². The number of aromatic nitrogens is 2. The fourth-order valence-corrected chi connectivity index (χ4v) is 12.5. The van der Waals surface area contributed by atoms with Crippen LogP contribution in [0.3, 0.4) is 0 Å². The van der Waals surface area contributed by atoms with E-state index in [0.29, 0.717) is 22.6 Å². The summed E-state index contributed by atoms with van der Waals surface area (Å²) in [7, 11) is 0. The Kier molecular flexibility index (Phi) is 7.76. The van der Waals surface area contributed by atoms with Gasteiger partial charge < -0.3 is 9.97 Å². The highest BCUT2D eigenvalue weighted by Crippen LogP contribution is 2.53. The van der Waals surface area contributed by atoms with Gasteiger partial charge in [0.25, 0.3) is 0 Å². The van der Waals surface area contributed by atoms with Gasteiger partial charge in [0.2, 0.25) is 0 Å². The van der Waals surface area contributed by atoms with Crippen molar-refractivity contribution in [2.75, 3.05) is 0 Å². The Labute approximate surface area is 382 Å². The number of fused-ring (bicyclic) bond motifs is 12. The molecule has 2 atom stereocenters. The van der Waals surface area contributed by atoms with Crippen molar-refractivity contribution in [1.82, 2.24) is 9.97 Å². The zero-order valence-electron chi connectivity index (χ0n) is 37.6. The van der Waals surface area contributed by atoms with Crippen molar-refractivity contribution in [3.05, 3.63) is 247 Å². The van der Waals surface area contributed by atoms with Crippen LogP contribution in [-0.4, -0.2) is 33.0 Å². The molecule has 2 spiro atoms. The van der Waals surface area contributed by atoms with Gasteiger partial charge in [-0.2, -0.15) is 0 Å². The minimum Gasteiger partial charge on any atom is -0.357 e. The predicted octanol–water partition coefficient (Wildman–Crippen LogP) is 12.7. The molecule has 2 N–H and O–H groups in total. The minimum atomic E-state index is -1.29. The van der Waals surface area contributed by atoms with E-state index in [1.54, 1.807) is 0 Å². The van der Waals surface area contributed by atoms with E-state index in [1.807, 2.05) is 36.4 Å². The number of H-pyrrole nitrogens is 2. The van der Waals surface area contributed by atoms with Gasteiger partial charge in [-0.25, -0.2) is 0 Å². The first-order valence-electron chi connectivity index (χ1n) is 22.7. The van der Waals surface area contributed by atoms with Gasteiger partial charge in [0.15, 0.2) is 11.6 Å². The van der Waals surface area contributed by atoms with Gasteiger partial charge in [-0.15, -0.1) is 0 Å². The normalized spacial score (nSPS) is 20.1. The summed E-state index contributed by atoms with van der Waals surface area (Å²) in [5.74, 6) is -0.0402. The number of hydrogen-bond acceptors (Lipinski definition) is 4. The number of ketones is 2. The van der Waals surface area contributed by atoms with E-state index in [0.717, 1.165) is 111 Å². The standard InChI is InChI=1S/C60H44N4O2/c1-31-27-33(3)51(34(4)28-31)55-43-19-23-47(61-43)59(41-17-9-13-37-11-7-15-39(53(37)41)57(59)65)49-25-21-45(63-49)56(52-35(5)29-32(2)30-36(52)6)46-22-26-50(64-46)60(48-24-20-44(55)62-48)42-18-10-14-38-12-8-16-40(54(38)42)58(60)66/h7-30,61,64H,1-6H3/t59-,60+/m1/s1. The summed E-state index contributed by atoms with van der Waals surface area (Å²) in [4.78, 5) is 50.5. The average Bonchev–Trinajstić information content (AvgIpc) is 4.17. The fourth-order valence-electron chi connectivity index (χ4n) is 12.5. The minimum absolute atomic E-state index is 0.0201. The van der Waals surface area contributed by atoms with Crippen LogP contribution < -0.4 is 0 Å². The molecule has 0 saturated carbocycles. The van der Waals surface area contributed by atoms with E-state index in [4.69, 9.17) is 9.98 Å². The number of nitrogens with zero attached hydrogens (tertiary/aromatic N) is 2. The molecule has 0 radical (unpaired) electrons. The van der Waals surface area contributed by atoms with Gasteiger partial charge in [-0.05, 0) is 156 Å². The third kappa shape index (κ3) is 4.80. The molecule has 66 heavy (non-hydrogen) atoms. The number of aromatic amines is 2. The Morgan fingerprint density at radius 1 is 0.439 bits per heavy atom. The van der Waals surface area contributed by atoms with Crippen molar-refractivity contribution < 1.29 is 9.59 Å². The molecule has 316 valence electrons. The lowest BCUT2D eigenvalue weighted by Crippen LogP contribution is -2.41. The van der Waals surface area contributed by atoms with E-state index in [2.05, 4.69) is 161 Å². The smallest absolute Gasteiger partial charge is 0.186 e. The second kappa shape index (κ2) is 13.3. The molecule has 2 aromatic heterocycles. The molecule has 5 heterocycles. The third-order valence-corrected chi connectivity index (χ3v) is 14.9. The van der Waals surface area contributed by atoms with Crippen molar-refractivity contribution in [3.8, 4) is 0 Å². The van der Waals surface area contributed by atoms with E-state index in [1.165, 1.54) is 11.1 Å². The Morgan fingerprint density at radius 3 is 1.21 bits per heavy atom. The maximum Gasteiger partial charge on any atom is 0.186 e. The number of carbonyl (C=O) groups is 2. The van der Waals surface area contributed by atoms with Crippen LogP contribution in [-0.2, 0) is 10.8 Å². The van der Waals surface area contributed by atoms with Crippen LogP contribution in [0.15, 0.2) is 167 Å². The molecule has 5 aliphatic rings. The molecular weight excluding hydrogens is 809 g/mol. The Hall–Kier alpha value is -7.96. The molecule has 13 rings (SSSR count). The summed E-state index contributed by atoms with van der Waals surface area (Å²) in [5.41, 5.74) is 17.0. The summed E-state index contributed by atoms with van der Waals surface area (Å²) < 4.78 is 0. The first kappa shape index (κ1) is 38.5. The Bertz CT molecular complexity index is 3510. The van der Waals surface area contributed by atoms with Gasteiger partial charge in [-0.1, -0.05) is 108 Å². The van der Waals surface area contributed by atoms with E-state index < -0.39 is 10.8 Å². The molecular formula is C60H44N4O2. The highest BCUT2D eigenvalue weighted by atomic mass is 16.1. The predicted molar refractivity (Wildman–Crippen MR) is 266 cm³/mol. The highest BCUT2D eigenvalue weighted by Gasteiger charge is 2.55. The maximum absolute atomic E-state index is 15.7. The quantitative estimate of drug-likeness (QED) is 0.181. The Morgan fingerprint density at radius 2 is 0.818 bits per heavy atom. The first-order chi connectivity index (χ1) is 32.0. The zero-order chi connectivity index (χ0) is 45.0. The van der Waals surface area contributed by atoms with Gasteiger partial charge in [-0.3, -0.25) is 19.6 Å². The van der Waals surface area contributed by atoms with E-state index in [-0.39, 0.29) is 11.6 Å². The van der Waals surface area contributed by atoms with Gasteiger partial charge in [0.1, 0.15) is 10.8 Å². The lowest BCUT2D eigenvalue weighted by atomic mass is 9.73. The van der Waals surface area contributed by atoms with Gasteiger partial charge in [0.05, 0.1) is 22.8 Å². The summed E-state index contributed by atoms with van der Waals surface area (Å²) in [6.07, 6.45) is 8.22. The molecule has 8 aromatic rings. The van der Waals surface area contributed by atoms with Crippen LogP contribution in [0.1, 0.15) is 99.1 Å². The highest BCUT2D eigenvalue weighted by molar-refractivity contribution is 6.36. The summed E-state index contributed by atoms with van der Waals surface area (Å²) in [6, 6.07) is 41.7. The first-order valence-corrected chi connectivity index (χ1v) is 22.7. The van der Waals surface area contributed by atoms with Gasteiger partial charge >= 0.3 is 0 Å². The topological polar surface area (TPSA) is 90.4 Å². The van der Waals surface area contributed by atoms with Gasteiger partial charge in [0, 0.05) is 45.0 Å². The van der Waals surface area contributed by atoms with Crippen LogP contribution in [0.2, 0.25) is 0 Å². The maximum atomic E-state index is 15.7. The van der Waals surface area contributed by atoms with Crippen molar-refractivity contribution in [1.29, 1.82) is 0 Å². The molecule has 0 amide bonds. The van der Waals surface area contributed by atoms with Crippen LogP contribution >= 0.6 is 0 Å². The molecule has 8 bridgehead atoms. The lowest BCUT2D eigenvalue weighted by molar-refractivity contribution is 0.0949. The fraction of sp³-hybridized carbons (Fsp3) is 0.133. The van der Waals surface area contributed by atoms with E-state index >= 15 is 9.59 Å². The number of aliphatic imine (C=N–C) groups is 2. The van der Waals surface area contributed by atoms with Crippen molar-refractivity contribution in [2.45, 2.75) is 52.4 Å². The molecule has 0 unspecified atom stereocenters. The third-order valence-electron chi connectivity index (χ3n) is 14.9. The van der Waals surface area contributed by atoms with Crippen LogP contribution in [0.5, 0.6) is 0 Å². The molecule has 2 aliphatic carbocycles. The lowest BCUT2D eigenvalue weighted by Gasteiger charge is -2.29. The number of benzene rings is 6. The van der Waals surface area contributed by atoms with Crippen molar-refractivity contribution in [3.63, 3.8) is 0 Å². The van der Waals surface area contributed by atoms with Crippen LogP contribution in [0, 0.1) is 41.5 Å². The number of carbonyl (C=O) groups excluding carboxylic acids is 2. The molecule has 6 nitrogen and oxygen atoms in total. The number of Topliss-reactive ketones (excluding diaryl/α,β-unsaturated/α-hetero) is 2. The average molecular weight is 853 g/mol. The molecule has 0 saturated heterocycles. The number of aryl methyl sites for hydroxylation is 6. The number of hydrogen-bond donors (Lipinski definition) is 2. The number of allylic oxidation sites excluding steroid dienone is 4. The monoisotopic (exact) mass is 852 g/mol. The van der Waals surface area contributed by atoms with Crippen molar-refractivity contribution >= 4 is 55.7 Å². The summed E-state index contributed by atoms with van der Waals surface area (Å²) >= 11 is 0. The molecule has 3 aliphatic heterocycles. The van der Waals surface area contributed by atoms with Crippen LogP contribution in [0.4, 0.5) is 0 Å². The molecule has 6 heteroatoms.